The molecule has 4 nitrogen and oxygen atoms in total. The molecule has 0 aliphatic carbocycles. The fraction of sp³-hybridized carbons (Fsp3) is 0.600. The van der Waals surface area contributed by atoms with Crippen molar-refractivity contribution in [2.45, 2.75) is 25.5 Å². The maximum Gasteiger partial charge on any atom is 0.124 e. The Labute approximate surface area is 119 Å². The molecular weight excluding hydrogens is 261 g/mol. The summed E-state index contributed by atoms with van der Waals surface area (Å²) in [5.74, 6) is 0.463. The highest BCUT2D eigenvalue weighted by molar-refractivity contribution is 5.34. The van der Waals surface area contributed by atoms with E-state index < -0.39 is 0 Å². The number of ether oxygens (including phenoxy) is 3. The maximum atomic E-state index is 13.3. The molecule has 1 fully saturated rings. The van der Waals surface area contributed by atoms with Gasteiger partial charge in [-0.05, 0) is 31.0 Å². The van der Waals surface area contributed by atoms with Crippen LogP contribution in [-0.2, 0) is 16.0 Å². The predicted octanol–water partition coefficient (Wildman–Crippen LogP) is 2.12. The van der Waals surface area contributed by atoms with Crippen molar-refractivity contribution in [1.29, 1.82) is 0 Å². The van der Waals surface area contributed by atoms with Gasteiger partial charge >= 0.3 is 0 Å². The van der Waals surface area contributed by atoms with E-state index in [1.54, 1.807) is 13.2 Å². The molecule has 0 saturated carbocycles. The highest BCUT2D eigenvalue weighted by Crippen LogP contribution is 2.21. The van der Waals surface area contributed by atoms with Gasteiger partial charge in [0.1, 0.15) is 18.2 Å². The molecule has 2 rings (SSSR count). The molecule has 1 aliphatic rings. The molecule has 112 valence electrons. The number of nitrogens with one attached hydrogen (secondary N) is 1. The van der Waals surface area contributed by atoms with Crippen molar-refractivity contribution in [2.24, 2.45) is 0 Å². The first-order chi connectivity index (χ1) is 9.79. The quantitative estimate of drug-likeness (QED) is 0.742. The van der Waals surface area contributed by atoms with Gasteiger partial charge in [0.25, 0.3) is 0 Å². The summed E-state index contributed by atoms with van der Waals surface area (Å²) in [5, 5.41) is 3.20. The van der Waals surface area contributed by atoms with E-state index in [2.05, 4.69) is 5.32 Å². The minimum atomic E-state index is -0.252. The van der Waals surface area contributed by atoms with Gasteiger partial charge in [0, 0.05) is 32.4 Å². The smallest absolute Gasteiger partial charge is 0.124 e. The first-order valence-electron chi connectivity index (χ1n) is 7.02. The van der Waals surface area contributed by atoms with Crippen LogP contribution in [0, 0.1) is 5.82 Å². The lowest BCUT2D eigenvalue weighted by Gasteiger charge is -2.15. The highest BCUT2D eigenvalue weighted by atomic mass is 19.1. The van der Waals surface area contributed by atoms with Crippen LogP contribution in [0.15, 0.2) is 18.2 Å². The van der Waals surface area contributed by atoms with Crippen LogP contribution in [0.4, 0.5) is 4.39 Å². The third-order valence-electron chi connectivity index (χ3n) is 3.27. The van der Waals surface area contributed by atoms with Crippen LogP contribution in [0.1, 0.15) is 18.4 Å². The highest BCUT2D eigenvalue weighted by Gasteiger charge is 2.16. The Bertz CT molecular complexity index is 408. The van der Waals surface area contributed by atoms with Crippen molar-refractivity contribution < 1.29 is 18.6 Å². The van der Waals surface area contributed by atoms with Gasteiger partial charge in [-0.2, -0.15) is 0 Å². The lowest BCUT2D eigenvalue weighted by Crippen LogP contribution is -2.20. The zero-order valence-electron chi connectivity index (χ0n) is 11.9. The van der Waals surface area contributed by atoms with E-state index in [0.717, 1.165) is 31.6 Å². The molecule has 0 aromatic heterocycles. The van der Waals surface area contributed by atoms with Crippen LogP contribution in [0.3, 0.4) is 0 Å². The molecule has 0 radical (unpaired) electrons. The minimum Gasteiger partial charge on any atom is -0.491 e. The Morgan fingerprint density at radius 3 is 3.10 bits per heavy atom. The van der Waals surface area contributed by atoms with E-state index in [4.69, 9.17) is 14.2 Å². The predicted molar refractivity (Wildman–Crippen MR) is 74.5 cm³/mol. The Hall–Kier alpha value is -1.17. The number of methoxy groups -OCH3 is 1. The molecule has 5 heteroatoms. The van der Waals surface area contributed by atoms with Gasteiger partial charge in [-0.25, -0.2) is 4.39 Å². The van der Waals surface area contributed by atoms with Crippen LogP contribution in [0.5, 0.6) is 5.75 Å². The van der Waals surface area contributed by atoms with E-state index in [0.29, 0.717) is 25.5 Å². The summed E-state index contributed by atoms with van der Waals surface area (Å²) in [5.41, 5.74) is 0.819. The summed E-state index contributed by atoms with van der Waals surface area (Å²) in [6.45, 7) is 3.24. The van der Waals surface area contributed by atoms with Crippen molar-refractivity contribution >= 4 is 0 Å². The standard InChI is InChI=1S/C15H22FNO3/c1-18-8-6-17-10-12-9-13(16)4-5-15(12)20-11-14-3-2-7-19-14/h4-5,9,14,17H,2-3,6-8,10-11H2,1H3. The number of halogens is 1. The summed E-state index contributed by atoms with van der Waals surface area (Å²) in [4.78, 5) is 0. The van der Waals surface area contributed by atoms with E-state index >= 15 is 0 Å². The topological polar surface area (TPSA) is 39.7 Å². The van der Waals surface area contributed by atoms with Gasteiger partial charge in [-0.3, -0.25) is 0 Å². The van der Waals surface area contributed by atoms with Crippen LogP contribution in [0.2, 0.25) is 0 Å². The summed E-state index contributed by atoms with van der Waals surface area (Å²) in [7, 11) is 1.65. The van der Waals surface area contributed by atoms with Crippen LogP contribution in [-0.4, -0.2) is 39.6 Å². The third kappa shape index (κ3) is 4.74. The normalized spacial score (nSPS) is 18.4. The minimum absolute atomic E-state index is 0.161. The van der Waals surface area contributed by atoms with E-state index in [9.17, 15) is 4.39 Å². The van der Waals surface area contributed by atoms with Crippen LogP contribution >= 0.6 is 0 Å². The average Bonchev–Trinajstić information content (AvgIpc) is 2.96. The van der Waals surface area contributed by atoms with Crippen molar-refractivity contribution in [1.82, 2.24) is 5.32 Å². The molecule has 0 bridgehead atoms. The molecule has 1 N–H and O–H groups in total. The zero-order chi connectivity index (χ0) is 14.2. The Morgan fingerprint density at radius 2 is 2.35 bits per heavy atom. The lowest BCUT2D eigenvalue weighted by atomic mass is 10.2. The fourth-order valence-electron chi connectivity index (χ4n) is 2.18. The average molecular weight is 283 g/mol. The lowest BCUT2D eigenvalue weighted by molar-refractivity contribution is 0.0675. The molecule has 1 unspecified atom stereocenters. The second kappa shape index (κ2) is 8.19. The Morgan fingerprint density at radius 1 is 1.45 bits per heavy atom. The second-order valence-electron chi connectivity index (χ2n) is 4.87. The van der Waals surface area contributed by atoms with Gasteiger partial charge in [0.05, 0.1) is 12.7 Å². The molecule has 1 aromatic rings. The molecule has 1 aromatic carbocycles. The molecule has 1 saturated heterocycles. The van der Waals surface area contributed by atoms with Crippen molar-refractivity contribution in [2.75, 3.05) is 33.5 Å². The maximum absolute atomic E-state index is 13.3. The van der Waals surface area contributed by atoms with Crippen molar-refractivity contribution in [3.05, 3.63) is 29.6 Å². The van der Waals surface area contributed by atoms with E-state index in [-0.39, 0.29) is 11.9 Å². The Balaban J connectivity index is 1.88. The van der Waals surface area contributed by atoms with Gasteiger partial charge in [-0.1, -0.05) is 0 Å². The second-order valence-corrected chi connectivity index (χ2v) is 4.87. The number of benzene rings is 1. The van der Waals surface area contributed by atoms with Gasteiger partial charge in [-0.15, -0.1) is 0 Å². The molecule has 20 heavy (non-hydrogen) atoms. The fourth-order valence-corrected chi connectivity index (χ4v) is 2.18. The SMILES string of the molecule is COCCNCc1cc(F)ccc1OCC1CCCO1. The molecule has 1 heterocycles. The van der Waals surface area contributed by atoms with Gasteiger partial charge in [0.15, 0.2) is 0 Å². The molecule has 1 atom stereocenters. The van der Waals surface area contributed by atoms with Crippen LogP contribution < -0.4 is 10.1 Å². The van der Waals surface area contributed by atoms with Gasteiger partial charge < -0.3 is 19.5 Å². The van der Waals surface area contributed by atoms with E-state index in [1.807, 2.05) is 0 Å². The summed E-state index contributed by atoms with van der Waals surface area (Å²) < 4.78 is 29.6. The molecular formula is C15H22FNO3. The number of rotatable bonds is 8. The monoisotopic (exact) mass is 283 g/mol. The van der Waals surface area contributed by atoms with Crippen LogP contribution in [0.25, 0.3) is 0 Å². The molecule has 0 spiro atoms. The number of hydrogen-bond donors (Lipinski definition) is 1. The largest absolute Gasteiger partial charge is 0.491 e. The molecule has 1 aliphatic heterocycles. The first-order valence-corrected chi connectivity index (χ1v) is 7.02. The van der Waals surface area contributed by atoms with Crippen molar-refractivity contribution in [3.63, 3.8) is 0 Å². The number of hydrogen-bond acceptors (Lipinski definition) is 4. The first kappa shape index (κ1) is 15.2. The van der Waals surface area contributed by atoms with Gasteiger partial charge in [0.2, 0.25) is 0 Å². The summed E-state index contributed by atoms with van der Waals surface area (Å²) in [6.07, 6.45) is 2.28. The Kier molecular flexibility index (Phi) is 6.24. The summed E-state index contributed by atoms with van der Waals surface area (Å²) in [6, 6.07) is 4.60. The zero-order valence-corrected chi connectivity index (χ0v) is 11.9. The molecule has 0 amide bonds. The summed E-state index contributed by atoms with van der Waals surface area (Å²) >= 11 is 0. The third-order valence-corrected chi connectivity index (χ3v) is 3.27. The van der Waals surface area contributed by atoms with Crippen molar-refractivity contribution in [3.8, 4) is 5.75 Å². The van der Waals surface area contributed by atoms with E-state index in [1.165, 1.54) is 12.1 Å².